The van der Waals surface area contributed by atoms with Gasteiger partial charge in [-0.1, -0.05) is 17.7 Å². The summed E-state index contributed by atoms with van der Waals surface area (Å²) in [5, 5.41) is 0. The molecule has 5 heteroatoms. The van der Waals surface area contributed by atoms with Crippen LogP contribution in [0.4, 0.5) is 5.69 Å². The Kier molecular flexibility index (Phi) is 5.53. The molecular formula is C19H28N4O. The van der Waals surface area contributed by atoms with Crippen LogP contribution in [0.1, 0.15) is 18.3 Å². The van der Waals surface area contributed by atoms with E-state index in [0.29, 0.717) is 6.04 Å². The van der Waals surface area contributed by atoms with Crippen molar-refractivity contribution in [2.24, 2.45) is 0 Å². The van der Waals surface area contributed by atoms with E-state index in [1.807, 2.05) is 12.4 Å². The summed E-state index contributed by atoms with van der Waals surface area (Å²) in [7, 11) is 1.74. The van der Waals surface area contributed by atoms with Gasteiger partial charge in [-0.05, 0) is 26.0 Å². The Morgan fingerprint density at radius 3 is 2.71 bits per heavy atom. The zero-order chi connectivity index (χ0) is 16.9. The van der Waals surface area contributed by atoms with Gasteiger partial charge in [0.05, 0.1) is 13.2 Å². The number of hydrogen-bond donors (Lipinski definition) is 0. The smallest absolute Gasteiger partial charge is 0.122 e. The number of nitrogens with zero attached hydrogens (tertiary/aromatic N) is 4. The van der Waals surface area contributed by atoms with Crippen LogP contribution in [-0.2, 0) is 17.8 Å². The number of hydrogen-bond acceptors (Lipinski definition) is 4. The second-order valence-electron chi connectivity index (χ2n) is 6.63. The SMILES string of the molecule is COCCn1ccnc1CN1CCN(c2ccc(C)cc2)C[C@H]1C. The van der Waals surface area contributed by atoms with Crippen LogP contribution in [0.5, 0.6) is 0 Å². The molecule has 0 N–H and O–H groups in total. The van der Waals surface area contributed by atoms with Crippen LogP contribution in [0.15, 0.2) is 36.7 Å². The number of aryl methyl sites for hydroxylation is 1. The molecule has 1 atom stereocenters. The van der Waals surface area contributed by atoms with E-state index >= 15 is 0 Å². The molecule has 1 saturated heterocycles. The molecule has 24 heavy (non-hydrogen) atoms. The summed E-state index contributed by atoms with van der Waals surface area (Å²) in [6.07, 6.45) is 3.93. The van der Waals surface area contributed by atoms with Gasteiger partial charge in [-0.2, -0.15) is 0 Å². The highest BCUT2D eigenvalue weighted by Gasteiger charge is 2.24. The average Bonchev–Trinajstić information content (AvgIpc) is 3.02. The largest absolute Gasteiger partial charge is 0.383 e. The fourth-order valence-electron chi connectivity index (χ4n) is 3.29. The van der Waals surface area contributed by atoms with E-state index in [4.69, 9.17) is 4.74 Å². The van der Waals surface area contributed by atoms with Crippen molar-refractivity contribution in [3.8, 4) is 0 Å². The lowest BCUT2D eigenvalue weighted by molar-refractivity contribution is 0.166. The van der Waals surface area contributed by atoms with Gasteiger partial charge in [-0.25, -0.2) is 4.98 Å². The summed E-state index contributed by atoms with van der Waals surface area (Å²) in [5.74, 6) is 1.13. The van der Waals surface area contributed by atoms with Crippen molar-refractivity contribution in [3.05, 3.63) is 48.0 Å². The topological polar surface area (TPSA) is 33.5 Å². The first kappa shape index (κ1) is 17.0. The van der Waals surface area contributed by atoms with Gasteiger partial charge in [0.25, 0.3) is 0 Å². The maximum Gasteiger partial charge on any atom is 0.122 e. The van der Waals surface area contributed by atoms with Crippen LogP contribution < -0.4 is 4.90 Å². The molecule has 0 bridgehead atoms. The third kappa shape index (κ3) is 3.97. The molecule has 0 amide bonds. The molecule has 0 saturated carbocycles. The minimum Gasteiger partial charge on any atom is -0.383 e. The Hall–Kier alpha value is -1.85. The molecule has 1 aromatic carbocycles. The van der Waals surface area contributed by atoms with Crippen molar-refractivity contribution in [3.63, 3.8) is 0 Å². The summed E-state index contributed by atoms with van der Waals surface area (Å²) < 4.78 is 7.38. The predicted molar refractivity (Wildman–Crippen MR) is 97.4 cm³/mol. The second kappa shape index (κ2) is 7.81. The number of benzene rings is 1. The number of rotatable bonds is 6. The summed E-state index contributed by atoms with van der Waals surface area (Å²) in [6.45, 7) is 10.1. The Morgan fingerprint density at radius 2 is 2.00 bits per heavy atom. The van der Waals surface area contributed by atoms with Crippen LogP contribution in [0.3, 0.4) is 0 Å². The first-order valence-electron chi connectivity index (χ1n) is 8.72. The highest BCUT2D eigenvalue weighted by atomic mass is 16.5. The lowest BCUT2D eigenvalue weighted by Crippen LogP contribution is -2.51. The lowest BCUT2D eigenvalue weighted by Gasteiger charge is -2.40. The van der Waals surface area contributed by atoms with E-state index in [9.17, 15) is 0 Å². The Bertz CT molecular complexity index is 637. The van der Waals surface area contributed by atoms with Gasteiger partial charge in [0.15, 0.2) is 0 Å². The Morgan fingerprint density at radius 1 is 1.21 bits per heavy atom. The molecule has 1 aromatic heterocycles. The molecule has 3 rings (SSSR count). The first-order valence-corrected chi connectivity index (χ1v) is 8.72. The predicted octanol–water partition coefficient (Wildman–Crippen LogP) is 2.55. The Balaban J connectivity index is 1.60. The van der Waals surface area contributed by atoms with E-state index in [2.05, 4.69) is 57.5 Å². The summed E-state index contributed by atoms with van der Waals surface area (Å²) in [5.41, 5.74) is 2.64. The highest BCUT2D eigenvalue weighted by Crippen LogP contribution is 2.20. The van der Waals surface area contributed by atoms with E-state index < -0.39 is 0 Å². The Labute approximate surface area is 144 Å². The molecule has 0 spiro atoms. The van der Waals surface area contributed by atoms with Crippen molar-refractivity contribution in [1.29, 1.82) is 0 Å². The zero-order valence-corrected chi connectivity index (χ0v) is 15.0. The quantitative estimate of drug-likeness (QED) is 0.816. The summed E-state index contributed by atoms with van der Waals surface area (Å²) in [4.78, 5) is 9.54. The van der Waals surface area contributed by atoms with Crippen LogP contribution in [-0.4, -0.2) is 53.8 Å². The minimum atomic E-state index is 0.507. The number of anilines is 1. The molecule has 2 aromatic rings. The van der Waals surface area contributed by atoms with Gasteiger partial charge in [-0.3, -0.25) is 4.90 Å². The standard InChI is InChI=1S/C19H28N4O/c1-16-4-6-18(7-5-16)23-11-10-22(17(2)14-23)15-19-20-8-9-21(19)12-13-24-3/h4-9,17H,10-15H2,1-3H3/t17-/m1/s1. The molecular weight excluding hydrogens is 300 g/mol. The van der Waals surface area contributed by atoms with E-state index in [-0.39, 0.29) is 0 Å². The molecule has 1 aliphatic rings. The maximum atomic E-state index is 5.18. The molecule has 0 unspecified atom stereocenters. The van der Waals surface area contributed by atoms with Crippen molar-refractivity contribution in [1.82, 2.24) is 14.5 Å². The second-order valence-corrected chi connectivity index (χ2v) is 6.63. The van der Waals surface area contributed by atoms with Gasteiger partial charge >= 0.3 is 0 Å². The zero-order valence-electron chi connectivity index (χ0n) is 15.0. The maximum absolute atomic E-state index is 5.18. The number of aromatic nitrogens is 2. The van der Waals surface area contributed by atoms with E-state index in [1.54, 1.807) is 7.11 Å². The fraction of sp³-hybridized carbons (Fsp3) is 0.526. The fourth-order valence-corrected chi connectivity index (χ4v) is 3.29. The molecule has 0 radical (unpaired) electrons. The van der Waals surface area contributed by atoms with Crippen LogP contribution >= 0.6 is 0 Å². The van der Waals surface area contributed by atoms with Crippen molar-refractivity contribution in [2.75, 3.05) is 38.3 Å². The first-order chi connectivity index (χ1) is 11.7. The van der Waals surface area contributed by atoms with E-state index in [0.717, 1.165) is 45.2 Å². The van der Waals surface area contributed by atoms with Crippen LogP contribution in [0.25, 0.3) is 0 Å². The third-order valence-electron chi connectivity index (χ3n) is 4.85. The van der Waals surface area contributed by atoms with Gasteiger partial charge in [0.1, 0.15) is 5.82 Å². The van der Waals surface area contributed by atoms with Gasteiger partial charge < -0.3 is 14.2 Å². The normalized spacial score (nSPS) is 19.0. The monoisotopic (exact) mass is 328 g/mol. The molecule has 1 aliphatic heterocycles. The van der Waals surface area contributed by atoms with E-state index in [1.165, 1.54) is 11.3 Å². The summed E-state index contributed by atoms with van der Waals surface area (Å²) in [6, 6.07) is 9.36. The molecule has 130 valence electrons. The molecule has 5 nitrogen and oxygen atoms in total. The number of ether oxygens (including phenoxy) is 1. The van der Waals surface area contributed by atoms with Gasteiger partial charge in [-0.15, -0.1) is 0 Å². The lowest BCUT2D eigenvalue weighted by atomic mass is 10.1. The molecule has 0 aliphatic carbocycles. The van der Waals surface area contributed by atoms with Crippen molar-refractivity contribution < 1.29 is 4.74 Å². The molecule has 1 fully saturated rings. The van der Waals surface area contributed by atoms with Crippen molar-refractivity contribution >= 4 is 5.69 Å². The minimum absolute atomic E-state index is 0.507. The average molecular weight is 328 g/mol. The van der Waals surface area contributed by atoms with Crippen molar-refractivity contribution in [2.45, 2.75) is 33.0 Å². The number of imidazole rings is 1. The van der Waals surface area contributed by atoms with Gasteiger partial charge in [0, 0.05) is 57.4 Å². The number of piperazine rings is 1. The molecule has 2 heterocycles. The third-order valence-corrected chi connectivity index (χ3v) is 4.85. The van der Waals surface area contributed by atoms with Crippen LogP contribution in [0, 0.1) is 6.92 Å². The summed E-state index contributed by atoms with van der Waals surface area (Å²) >= 11 is 0. The highest BCUT2D eigenvalue weighted by molar-refractivity contribution is 5.48. The number of methoxy groups -OCH3 is 1. The van der Waals surface area contributed by atoms with Crippen LogP contribution in [0.2, 0.25) is 0 Å². The van der Waals surface area contributed by atoms with Gasteiger partial charge in [0.2, 0.25) is 0 Å².